The first-order chi connectivity index (χ1) is 20.1. The first-order valence-electron chi connectivity index (χ1n) is 13.5. The monoisotopic (exact) mass is 584 g/mol. The SMILES string of the molecule is CCN(CC)CCOc1cccc(Nc2nccc(-c3scnc3-c3cccc(NC(=O)Cc4cccs4)c3)n2)c1. The van der Waals surface area contributed by atoms with E-state index in [0.717, 1.165) is 63.5 Å². The first kappa shape index (κ1) is 28.4. The molecular weight excluding hydrogens is 553 g/mol. The standard InChI is InChI=1S/C31H32N6O2S2/c1-3-37(4-2)15-16-39-25-11-6-10-24(19-25)35-31-32-14-13-27(36-31)30-29(33-21-41-30)22-8-5-9-23(18-22)34-28(38)20-26-12-7-17-40-26/h5-14,17-19,21H,3-4,15-16,20H2,1-2H3,(H,34,38)(H,32,35,36). The van der Waals surface area contributed by atoms with Gasteiger partial charge in [0.25, 0.3) is 0 Å². The second-order valence-electron chi connectivity index (χ2n) is 9.21. The van der Waals surface area contributed by atoms with Crippen molar-refractivity contribution in [1.82, 2.24) is 19.9 Å². The van der Waals surface area contributed by atoms with E-state index in [1.54, 1.807) is 23.0 Å². The van der Waals surface area contributed by atoms with Crippen LogP contribution in [0.3, 0.4) is 0 Å². The molecule has 0 radical (unpaired) electrons. The summed E-state index contributed by atoms with van der Waals surface area (Å²) in [6.45, 7) is 7.84. The van der Waals surface area contributed by atoms with Crippen molar-refractivity contribution in [3.8, 4) is 27.6 Å². The van der Waals surface area contributed by atoms with Crippen LogP contribution in [0.5, 0.6) is 5.75 Å². The molecule has 2 aromatic carbocycles. The Morgan fingerprint density at radius 2 is 1.80 bits per heavy atom. The maximum absolute atomic E-state index is 12.5. The van der Waals surface area contributed by atoms with E-state index in [0.29, 0.717) is 19.0 Å². The Balaban J connectivity index is 1.28. The average Bonchev–Trinajstić information content (AvgIpc) is 3.69. The number of likely N-dealkylation sites (N-methyl/N-ethyl adjacent to an activating group) is 1. The fraction of sp³-hybridized carbons (Fsp3) is 0.226. The molecule has 0 aliphatic heterocycles. The van der Waals surface area contributed by atoms with Gasteiger partial charge in [-0.25, -0.2) is 15.0 Å². The summed E-state index contributed by atoms with van der Waals surface area (Å²) in [5.41, 5.74) is 5.85. The third-order valence-corrected chi connectivity index (χ3v) is 8.18. The van der Waals surface area contributed by atoms with Gasteiger partial charge in [0.2, 0.25) is 11.9 Å². The molecule has 0 bridgehead atoms. The summed E-state index contributed by atoms with van der Waals surface area (Å²) >= 11 is 3.09. The topological polar surface area (TPSA) is 92.3 Å². The van der Waals surface area contributed by atoms with Crippen LogP contribution in [0.25, 0.3) is 21.8 Å². The highest BCUT2D eigenvalue weighted by molar-refractivity contribution is 7.13. The number of nitrogens with zero attached hydrogens (tertiary/aromatic N) is 4. The largest absolute Gasteiger partial charge is 0.492 e. The maximum Gasteiger partial charge on any atom is 0.229 e. The van der Waals surface area contributed by atoms with Gasteiger partial charge >= 0.3 is 0 Å². The van der Waals surface area contributed by atoms with Gasteiger partial charge in [-0.1, -0.05) is 38.1 Å². The predicted molar refractivity (Wildman–Crippen MR) is 168 cm³/mol. The molecule has 0 aliphatic rings. The second kappa shape index (κ2) is 14.0. The quantitative estimate of drug-likeness (QED) is 0.154. The molecule has 41 heavy (non-hydrogen) atoms. The molecule has 2 N–H and O–H groups in total. The van der Waals surface area contributed by atoms with Crippen molar-refractivity contribution in [2.45, 2.75) is 20.3 Å². The van der Waals surface area contributed by atoms with Crippen molar-refractivity contribution in [3.05, 3.63) is 88.7 Å². The Bertz CT molecular complexity index is 1570. The van der Waals surface area contributed by atoms with Gasteiger partial charge in [0.15, 0.2) is 0 Å². The van der Waals surface area contributed by atoms with Gasteiger partial charge < -0.3 is 20.3 Å². The van der Waals surface area contributed by atoms with Gasteiger partial charge in [-0.3, -0.25) is 4.79 Å². The summed E-state index contributed by atoms with van der Waals surface area (Å²) in [6.07, 6.45) is 2.09. The van der Waals surface area contributed by atoms with E-state index in [1.165, 1.54) is 11.3 Å². The van der Waals surface area contributed by atoms with Gasteiger partial charge in [-0.2, -0.15) is 0 Å². The lowest BCUT2D eigenvalue weighted by molar-refractivity contribution is -0.115. The molecule has 0 unspecified atom stereocenters. The summed E-state index contributed by atoms with van der Waals surface area (Å²) in [7, 11) is 0. The highest BCUT2D eigenvalue weighted by Gasteiger charge is 2.15. The number of benzene rings is 2. The third kappa shape index (κ3) is 7.75. The maximum atomic E-state index is 12.5. The molecule has 5 aromatic rings. The minimum atomic E-state index is -0.0482. The van der Waals surface area contributed by atoms with Crippen LogP contribution in [0.4, 0.5) is 17.3 Å². The van der Waals surface area contributed by atoms with Gasteiger partial charge in [-0.15, -0.1) is 22.7 Å². The Morgan fingerprint density at radius 3 is 2.63 bits per heavy atom. The summed E-state index contributed by atoms with van der Waals surface area (Å²) < 4.78 is 5.97. The number of hydrogen-bond donors (Lipinski definition) is 2. The molecule has 10 heteroatoms. The van der Waals surface area contributed by atoms with Crippen molar-refractivity contribution in [1.29, 1.82) is 0 Å². The molecule has 5 rings (SSSR count). The number of carbonyl (C=O) groups excluding carboxylic acids is 1. The van der Waals surface area contributed by atoms with E-state index in [1.807, 2.05) is 72.1 Å². The van der Waals surface area contributed by atoms with E-state index in [-0.39, 0.29) is 5.91 Å². The number of aromatic nitrogens is 3. The van der Waals surface area contributed by atoms with Crippen LogP contribution in [0.2, 0.25) is 0 Å². The van der Waals surface area contributed by atoms with Crippen LogP contribution in [-0.4, -0.2) is 52.0 Å². The number of thiazole rings is 1. The van der Waals surface area contributed by atoms with Crippen LogP contribution in [0, 0.1) is 0 Å². The fourth-order valence-electron chi connectivity index (χ4n) is 4.32. The van der Waals surface area contributed by atoms with E-state index < -0.39 is 0 Å². The van der Waals surface area contributed by atoms with E-state index in [2.05, 4.69) is 39.3 Å². The highest BCUT2D eigenvalue weighted by Crippen LogP contribution is 2.35. The number of amides is 1. The molecular formula is C31H32N6O2S2. The Hall–Kier alpha value is -4.12. The normalized spacial score (nSPS) is 11.0. The second-order valence-corrected chi connectivity index (χ2v) is 11.1. The minimum Gasteiger partial charge on any atom is -0.492 e. The summed E-state index contributed by atoms with van der Waals surface area (Å²) in [6, 6.07) is 21.3. The number of carbonyl (C=O) groups is 1. The number of rotatable bonds is 13. The molecule has 210 valence electrons. The Kier molecular flexibility index (Phi) is 9.69. The third-order valence-electron chi connectivity index (χ3n) is 6.45. The zero-order valence-corrected chi connectivity index (χ0v) is 24.7. The zero-order valence-electron chi connectivity index (χ0n) is 23.0. The number of thiophene rings is 1. The fourth-order valence-corrected chi connectivity index (χ4v) is 5.81. The van der Waals surface area contributed by atoms with Crippen LogP contribution in [-0.2, 0) is 11.2 Å². The number of anilines is 3. The lowest BCUT2D eigenvalue weighted by Gasteiger charge is -2.18. The van der Waals surface area contributed by atoms with Crippen molar-refractivity contribution < 1.29 is 9.53 Å². The van der Waals surface area contributed by atoms with Gasteiger partial charge in [0, 0.05) is 40.6 Å². The van der Waals surface area contributed by atoms with E-state index in [9.17, 15) is 4.79 Å². The molecule has 0 saturated carbocycles. The van der Waals surface area contributed by atoms with Gasteiger partial charge in [0.1, 0.15) is 12.4 Å². The lowest BCUT2D eigenvalue weighted by Crippen LogP contribution is -2.27. The molecule has 0 saturated heterocycles. The molecule has 3 heterocycles. The van der Waals surface area contributed by atoms with Crippen molar-refractivity contribution >= 4 is 45.9 Å². The molecule has 3 aromatic heterocycles. The lowest BCUT2D eigenvalue weighted by atomic mass is 10.1. The van der Waals surface area contributed by atoms with E-state index >= 15 is 0 Å². The average molecular weight is 585 g/mol. The van der Waals surface area contributed by atoms with Crippen molar-refractivity contribution in [2.75, 3.05) is 36.9 Å². The van der Waals surface area contributed by atoms with Crippen LogP contribution in [0.15, 0.2) is 83.8 Å². The Labute approximate surface area is 248 Å². The predicted octanol–water partition coefficient (Wildman–Crippen LogP) is 6.97. The zero-order chi connectivity index (χ0) is 28.4. The summed E-state index contributed by atoms with van der Waals surface area (Å²) in [5, 5.41) is 8.28. The number of nitrogens with one attached hydrogen (secondary N) is 2. The summed E-state index contributed by atoms with van der Waals surface area (Å²) in [4.78, 5) is 30.6. The highest BCUT2D eigenvalue weighted by atomic mass is 32.1. The molecule has 0 aliphatic carbocycles. The molecule has 0 atom stereocenters. The number of ether oxygens (including phenoxy) is 1. The first-order valence-corrected chi connectivity index (χ1v) is 15.3. The Morgan fingerprint density at radius 1 is 0.951 bits per heavy atom. The van der Waals surface area contributed by atoms with Crippen molar-refractivity contribution in [2.24, 2.45) is 0 Å². The summed E-state index contributed by atoms with van der Waals surface area (Å²) in [5.74, 6) is 1.23. The van der Waals surface area contributed by atoms with Gasteiger partial charge in [-0.05, 0) is 54.9 Å². The van der Waals surface area contributed by atoms with Crippen LogP contribution < -0.4 is 15.4 Å². The van der Waals surface area contributed by atoms with Crippen molar-refractivity contribution in [3.63, 3.8) is 0 Å². The van der Waals surface area contributed by atoms with Crippen LogP contribution in [0.1, 0.15) is 18.7 Å². The minimum absolute atomic E-state index is 0.0482. The molecule has 0 fully saturated rings. The smallest absolute Gasteiger partial charge is 0.229 e. The van der Waals surface area contributed by atoms with Crippen LogP contribution >= 0.6 is 22.7 Å². The molecule has 1 amide bonds. The molecule has 8 nitrogen and oxygen atoms in total. The van der Waals surface area contributed by atoms with E-state index in [4.69, 9.17) is 9.72 Å². The number of hydrogen-bond acceptors (Lipinski definition) is 9. The van der Waals surface area contributed by atoms with Gasteiger partial charge in [0.05, 0.1) is 28.2 Å². The molecule has 0 spiro atoms.